The minimum absolute atomic E-state index is 0.0370. The molecule has 0 amide bonds. The third kappa shape index (κ3) is 2.56. The van der Waals surface area contributed by atoms with E-state index in [1.54, 1.807) is 37.5 Å². The lowest BCUT2D eigenvalue weighted by molar-refractivity contribution is -0.0172. The normalized spacial score (nSPS) is 19.4. The molecule has 7 heteroatoms. The average molecular weight is 424 g/mol. The van der Waals surface area contributed by atoms with Crippen molar-refractivity contribution in [3.05, 3.63) is 74.8 Å². The molecule has 1 atom stereocenters. The first-order valence-electron chi connectivity index (χ1n) is 10.3. The van der Waals surface area contributed by atoms with Gasteiger partial charge in [-0.15, -0.1) is 0 Å². The molecule has 31 heavy (non-hydrogen) atoms. The summed E-state index contributed by atoms with van der Waals surface area (Å²) in [6, 6.07) is 4.64. The fraction of sp³-hybridized carbons (Fsp3) is 0.333. The molecule has 0 saturated heterocycles. The van der Waals surface area contributed by atoms with Gasteiger partial charge in [-0.1, -0.05) is 27.4 Å². The summed E-state index contributed by atoms with van der Waals surface area (Å²) in [7, 11) is 0. The first kappa shape index (κ1) is 19.9. The van der Waals surface area contributed by atoms with Crippen LogP contribution in [0.15, 0.2) is 35.3 Å². The Morgan fingerprint density at radius 3 is 2.74 bits per heavy atom. The maximum absolute atomic E-state index is 14.5. The number of ether oxygens (including phenoxy) is 1. The van der Waals surface area contributed by atoms with Crippen LogP contribution in [0.25, 0.3) is 22.3 Å². The number of benzene rings is 1. The first-order valence-corrected chi connectivity index (χ1v) is 10.3. The van der Waals surface area contributed by atoms with Gasteiger partial charge < -0.3 is 14.4 Å². The second kappa shape index (κ2) is 6.47. The highest BCUT2D eigenvalue weighted by Gasteiger charge is 2.41. The number of hydrogen-bond acceptors (Lipinski definition) is 4. The van der Waals surface area contributed by atoms with Crippen LogP contribution in [-0.2, 0) is 23.5 Å². The Labute approximate surface area is 177 Å². The molecule has 2 aliphatic rings. The van der Waals surface area contributed by atoms with Crippen LogP contribution in [0.1, 0.15) is 55.4 Å². The van der Waals surface area contributed by atoms with Gasteiger partial charge in [0.15, 0.2) is 11.6 Å². The lowest BCUT2D eigenvalue weighted by Gasteiger charge is -2.35. The molecule has 0 spiro atoms. The Bertz CT molecular complexity index is 1360. The van der Waals surface area contributed by atoms with Gasteiger partial charge in [-0.2, -0.15) is 0 Å². The summed E-state index contributed by atoms with van der Waals surface area (Å²) < 4.78 is 35.9. The summed E-state index contributed by atoms with van der Waals surface area (Å²) in [5.74, 6) is -1.84. The van der Waals surface area contributed by atoms with Crippen LogP contribution < -0.4 is 5.56 Å². The van der Waals surface area contributed by atoms with Crippen molar-refractivity contribution in [1.82, 2.24) is 9.55 Å². The predicted molar refractivity (Wildman–Crippen MR) is 113 cm³/mol. The average Bonchev–Trinajstić information content (AvgIpc) is 3.08. The number of rotatable bonds is 2. The Hall–Kier alpha value is -3.06. The summed E-state index contributed by atoms with van der Waals surface area (Å²) in [5, 5.41) is 11.7. The van der Waals surface area contributed by atoms with E-state index in [0.717, 1.165) is 11.6 Å². The lowest BCUT2D eigenvalue weighted by atomic mass is 9.84. The van der Waals surface area contributed by atoms with Crippen LogP contribution in [0.5, 0.6) is 0 Å². The van der Waals surface area contributed by atoms with Gasteiger partial charge >= 0.3 is 0 Å². The van der Waals surface area contributed by atoms with Crippen LogP contribution in [0.2, 0.25) is 0 Å². The highest BCUT2D eigenvalue weighted by atomic mass is 19.2. The second-order valence-electron chi connectivity index (χ2n) is 8.54. The molecule has 5 nitrogen and oxygen atoms in total. The van der Waals surface area contributed by atoms with Gasteiger partial charge in [-0.3, -0.25) is 4.79 Å². The van der Waals surface area contributed by atoms with Gasteiger partial charge in [0.1, 0.15) is 18.0 Å². The highest BCUT2D eigenvalue weighted by molar-refractivity contribution is 5.87. The van der Waals surface area contributed by atoms with Crippen molar-refractivity contribution in [2.24, 2.45) is 0 Å². The van der Waals surface area contributed by atoms with Crippen molar-refractivity contribution < 1.29 is 18.6 Å². The van der Waals surface area contributed by atoms with Gasteiger partial charge in [0, 0.05) is 28.1 Å². The fourth-order valence-corrected chi connectivity index (χ4v) is 4.77. The molecule has 1 aromatic carbocycles. The van der Waals surface area contributed by atoms with E-state index in [1.165, 1.54) is 0 Å². The van der Waals surface area contributed by atoms with Gasteiger partial charge in [0.05, 0.1) is 29.0 Å². The zero-order chi connectivity index (χ0) is 22.2. The van der Waals surface area contributed by atoms with Gasteiger partial charge in [0.2, 0.25) is 0 Å². The van der Waals surface area contributed by atoms with E-state index in [4.69, 9.17) is 4.74 Å². The van der Waals surface area contributed by atoms with Crippen LogP contribution in [0.3, 0.4) is 0 Å². The molecular formula is C24H22F2N2O3. The van der Waals surface area contributed by atoms with Gasteiger partial charge in [-0.25, -0.2) is 13.8 Å². The van der Waals surface area contributed by atoms with Crippen molar-refractivity contribution in [2.75, 3.05) is 0 Å². The van der Waals surface area contributed by atoms with E-state index >= 15 is 0 Å². The topological polar surface area (TPSA) is 64.4 Å². The molecule has 0 radical (unpaired) electrons. The summed E-state index contributed by atoms with van der Waals surface area (Å²) >= 11 is 0. The molecule has 2 aromatic heterocycles. The van der Waals surface area contributed by atoms with Crippen LogP contribution >= 0.6 is 0 Å². The lowest BCUT2D eigenvalue weighted by Crippen LogP contribution is -2.38. The molecular weight excluding hydrogens is 402 g/mol. The minimum atomic E-state index is -1.47. The summed E-state index contributed by atoms with van der Waals surface area (Å²) in [6.07, 6.45) is 0.294. The van der Waals surface area contributed by atoms with E-state index in [-0.39, 0.29) is 36.0 Å². The monoisotopic (exact) mass is 424 g/mol. The fourth-order valence-electron chi connectivity index (χ4n) is 4.77. The zero-order valence-electron chi connectivity index (χ0n) is 17.6. The molecule has 0 bridgehead atoms. The van der Waals surface area contributed by atoms with Crippen molar-refractivity contribution in [3.63, 3.8) is 0 Å². The standard InChI is InChI=1S/C24H22F2N2O3/c1-5-24(30)12(4)31-10-15-16(24)7-19-22-13(9-28(19)23(15)29)6-14-18(27-22)8-17(25)21(26)20(14)11(2)3/h6-8,11,30H,4-5,9-10H2,1-3H3/t24-/m1/s1. The molecule has 2 aliphatic heterocycles. The van der Waals surface area contributed by atoms with Crippen LogP contribution in [-0.4, -0.2) is 14.7 Å². The van der Waals surface area contributed by atoms with Crippen molar-refractivity contribution in [1.29, 1.82) is 0 Å². The third-order valence-electron chi connectivity index (χ3n) is 6.49. The largest absolute Gasteiger partial charge is 0.490 e. The van der Waals surface area contributed by atoms with Crippen LogP contribution in [0, 0.1) is 11.6 Å². The van der Waals surface area contributed by atoms with E-state index < -0.39 is 17.2 Å². The molecule has 0 fully saturated rings. The Kier molecular flexibility index (Phi) is 4.15. The van der Waals surface area contributed by atoms with Crippen molar-refractivity contribution in [2.45, 2.75) is 51.9 Å². The van der Waals surface area contributed by atoms with Gasteiger partial charge in [-0.05, 0) is 24.5 Å². The SMILES string of the molecule is C=C1OCc2c(cc3n(c2=O)Cc2cc4c(C(C)C)c(F)c(F)cc4nc2-3)[C@@]1(O)CC. The number of aliphatic hydroxyl groups is 1. The predicted octanol–water partition coefficient (Wildman–Crippen LogP) is 4.47. The van der Waals surface area contributed by atoms with Crippen molar-refractivity contribution in [3.8, 4) is 11.4 Å². The van der Waals surface area contributed by atoms with Crippen LogP contribution in [0.4, 0.5) is 8.78 Å². The molecule has 0 saturated carbocycles. The quantitative estimate of drug-likeness (QED) is 0.516. The number of halogens is 2. The number of nitrogens with zero attached hydrogens (tertiary/aromatic N) is 2. The number of hydrogen-bond donors (Lipinski definition) is 1. The molecule has 0 aliphatic carbocycles. The summed E-state index contributed by atoms with van der Waals surface area (Å²) in [5.41, 5.74) is 1.54. The zero-order valence-corrected chi connectivity index (χ0v) is 17.6. The second-order valence-corrected chi connectivity index (χ2v) is 8.54. The molecule has 3 aromatic rings. The molecule has 4 heterocycles. The molecule has 5 rings (SSSR count). The highest BCUT2D eigenvalue weighted by Crippen LogP contribution is 2.42. The molecule has 160 valence electrons. The first-order chi connectivity index (χ1) is 14.7. The third-order valence-corrected chi connectivity index (χ3v) is 6.49. The maximum atomic E-state index is 14.5. The molecule has 1 N–H and O–H groups in total. The Balaban J connectivity index is 1.80. The van der Waals surface area contributed by atoms with Gasteiger partial charge in [0.25, 0.3) is 5.56 Å². The number of aromatic nitrogens is 2. The van der Waals surface area contributed by atoms with E-state index in [0.29, 0.717) is 39.8 Å². The minimum Gasteiger partial charge on any atom is -0.490 e. The molecule has 0 unspecified atom stereocenters. The summed E-state index contributed by atoms with van der Waals surface area (Å²) in [4.78, 5) is 17.9. The van der Waals surface area contributed by atoms with Crippen molar-refractivity contribution >= 4 is 10.9 Å². The van der Waals surface area contributed by atoms with E-state index in [1.807, 2.05) is 0 Å². The maximum Gasteiger partial charge on any atom is 0.258 e. The summed E-state index contributed by atoms with van der Waals surface area (Å²) in [6.45, 7) is 9.51. The smallest absolute Gasteiger partial charge is 0.258 e. The van der Waals surface area contributed by atoms with E-state index in [9.17, 15) is 18.7 Å². The number of fused-ring (bicyclic) bond motifs is 5. The Morgan fingerprint density at radius 2 is 2.06 bits per heavy atom. The Morgan fingerprint density at radius 1 is 1.32 bits per heavy atom. The number of pyridine rings is 2. The van der Waals surface area contributed by atoms with E-state index in [2.05, 4.69) is 11.6 Å².